The van der Waals surface area contributed by atoms with Gasteiger partial charge in [0.2, 0.25) is 0 Å². The molecule has 1 saturated heterocycles. The fourth-order valence-corrected chi connectivity index (χ4v) is 3.53. The van der Waals surface area contributed by atoms with E-state index in [-0.39, 0.29) is 0 Å². The minimum Gasteiger partial charge on any atom is -0.311 e. The van der Waals surface area contributed by atoms with Crippen molar-refractivity contribution in [3.63, 3.8) is 0 Å². The summed E-state index contributed by atoms with van der Waals surface area (Å²) in [4.78, 5) is 2.81. The van der Waals surface area contributed by atoms with Gasteiger partial charge >= 0.3 is 0 Å². The van der Waals surface area contributed by atoms with E-state index in [2.05, 4.69) is 44.8 Å². The molecular formula is C17H36N2. The minimum absolute atomic E-state index is 0.418. The van der Waals surface area contributed by atoms with Gasteiger partial charge in [0.15, 0.2) is 0 Å². The third-order valence-electron chi connectivity index (χ3n) is 4.94. The molecule has 1 rings (SSSR count). The first kappa shape index (κ1) is 17.0. The molecule has 0 aliphatic carbocycles. The molecule has 1 aliphatic heterocycles. The van der Waals surface area contributed by atoms with Gasteiger partial charge in [-0.15, -0.1) is 0 Å². The third kappa shape index (κ3) is 4.75. The molecule has 0 bridgehead atoms. The van der Waals surface area contributed by atoms with Gasteiger partial charge in [-0.25, -0.2) is 0 Å². The van der Waals surface area contributed by atoms with Gasteiger partial charge in [0.1, 0.15) is 0 Å². The van der Waals surface area contributed by atoms with Crippen molar-refractivity contribution in [3.05, 3.63) is 0 Å². The Morgan fingerprint density at radius 3 is 2.37 bits per heavy atom. The van der Waals surface area contributed by atoms with E-state index in [0.29, 0.717) is 11.6 Å². The molecule has 2 nitrogen and oxygen atoms in total. The standard InChI is InChI=1S/C17H36N2/c1-6-9-10-11-19-13-16(12-15(4)5)18-14-17(19,7-2)8-3/h15-16,18H,6-14H2,1-5H3. The van der Waals surface area contributed by atoms with E-state index in [0.717, 1.165) is 5.92 Å². The largest absolute Gasteiger partial charge is 0.311 e. The maximum absolute atomic E-state index is 3.82. The van der Waals surface area contributed by atoms with E-state index < -0.39 is 0 Å². The average molecular weight is 268 g/mol. The first-order valence-corrected chi connectivity index (χ1v) is 8.56. The number of nitrogens with zero attached hydrogens (tertiary/aromatic N) is 1. The van der Waals surface area contributed by atoms with Gasteiger partial charge in [-0.05, 0) is 38.1 Å². The summed E-state index contributed by atoms with van der Waals surface area (Å²) in [6.07, 6.45) is 7.93. The highest BCUT2D eigenvalue weighted by atomic mass is 15.3. The second-order valence-corrected chi connectivity index (χ2v) is 6.79. The predicted octanol–water partition coefficient (Wildman–Crippen LogP) is 4.06. The minimum atomic E-state index is 0.418. The lowest BCUT2D eigenvalue weighted by atomic mass is 9.85. The molecule has 114 valence electrons. The lowest BCUT2D eigenvalue weighted by Gasteiger charge is -2.50. The summed E-state index contributed by atoms with van der Waals surface area (Å²) >= 11 is 0. The van der Waals surface area contributed by atoms with Crippen LogP contribution >= 0.6 is 0 Å². The quantitative estimate of drug-likeness (QED) is 0.668. The van der Waals surface area contributed by atoms with Gasteiger partial charge in [-0.3, -0.25) is 4.90 Å². The summed E-state index contributed by atoms with van der Waals surface area (Å²) in [6.45, 7) is 15.4. The molecule has 1 N–H and O–H groups in total. The Bertz CT molecular complexity index is 233. The van der Waals surface area contributed by atoms with Crippen LogP contribution in [-0.4, -0.2) is 36.1 Å². The summed E-state index contributed by atoms with van der Waals surface area (Å²) in [7, 11) is 0. The van der Waals surface area contributed by atoms with Crippen molar-refractivity contribution in [1.82, 2.24) is 10.2 Å². The smallest absolute Gasteiger partial charge is 0.0329 e. The maximum Gasteiger partial charge on any atom is 0.0329 e. The Labute approximate surface area is 121 Å². The van der Waals surface area contributed by atoms with E-state index in [1.165, 1.54) is 58.2 Å². The van der Waals surface area contributed by atoms with Crippen molar-refractivity contribution < 1.29 is 0 Å². The van der Waals surface area contributed by atoms with Crippen LogP contribution in [0.15, 0.2) is 0 Å². The summed E-state index contributed by atoms with van der Waals surface area (Å²) in [5, 5.41) is 3.82. The molecule has 1 heterocycles. The Balaban J connectivity index is 2.62. The molecule has 0 aromatic heterocycles. The Hall–Kier alpha value is -0.0800. The van der Waals surface area contributed by atoms with E-state index in [1.54, 1.807) is 0 Å². The van der Waals surface area contributed by atoms with Gasteiger partial charge in [-0.1, -0.05) is 47.5 Å². The molecule has 1 aliphatic rings. The van der Waals surface area contributed by atoms with Crippen LogP contribution in [-0.2, 0) is 0 Å². The lowest BCUT2D eigenvalue weighted by molar-refractivity contribution is 0.0263. The van der Waals surface area contributed by atoms with Gasteiger partial charge in [0, 0.05) is 24.7 Å². The first-order chi connectivity index (χ1) is 9.07. The van der Waals surface area contributed by atoms with E-state index in [9.17, 15) is 0 Å². The number of rotatable bonds is 8. The highest BCUT2D eigenvalue weighted by Gasteiger charge is 2.38. The Morgan fingerprint density at radius 1 is 1.16 bits per heavy atom. The average Bonchev–Trinajstić information content (AvgIpc) is 2.39. The molecule has 2 heteroatoms. The highest BCUT2D eigenvalue weighted by molar-refractivity contribution is 4.97. The van der Waals surface area contributed by atoms with Crippen molar-refractivity contribution >= 4 is 0 Å². The molecule has 19 heavy (non-hydrogen) atoms. The van der Waals surface area contributed by atoms with Gasteiger partial charge < -0.3 is 5.32 Å². The normalized spacial score (nSPS) is 24.0. The van der Waals surface area contributed by atoms with Crippen LogP contribution in [0.2, 0.25) is 0 Å². The number of unbranched alkanes of at least 4 members (excludes halogenated alkanes) is 2. The van der Waals surface area contributed by atoms with Gasteiger partial charge in [-0.2, -0.15) is 0 Å². The summed E-state index contributed by atoms with van der Waals surface area (Å²) in [6, 6.07) is 0.702. The summed E-state index contributed by atoms with van der Waals surface area (Å²) in [5.74, 6) is 0.797. The Kier molecular flexibility index (Phi) is 7.38. The van der Waals surface area contributed by atoms with Crippen LogP contribution in [0.1, 0.15) is 73.1 Å². The summed E-state index contributed by atoms with van der Waals surface area (Å²) in [5.41, 5.74) is 0.418. The monoisotopic (exact) mass is 268 g/mol. The van der Waals surface area contributed by atoms with Gasteiger partial charge in [0.25, 0.3) is 0 Å². The van der Waals surface area contributed by atoms with Crippen LogP contribution in [0, 0.1) is 5.92 Å². The van der Waals surface area contributed by atoms with Gasteiger partial charge in [0.05, 0.1) is 0 Å². The van der Waals surface area contributed by atoms with Crippen LogP contribution in [0.25, 0.3) is 0 Å². The molecule has 0 aromatic rings. The van der Waals surface area contributed by atoms with Crippen molar-refractivity contribution in [2.24, 2.45) is 5.92 Å². The fourth-order valence-electron chi connectivity index (χ4n) is 3.53. The zero-order valence-electron chi connectivity index (χ0n) is 14.0. The molecule has 1 fully saturated rings. The van der Waals surface area contributed by atoms with Crippen LogP contribution in [0.4, 0.5) is 0 Å². The van der Waals surface area contributed by atoms with Crippen LogP contribution < -0.4 is 5.32 Å². The number of hydrogen-bond donors (Lipinski definition) is 1. The molecule has 0 spiro atoms. The molecule has 0 aromatic carbocycles. The topological polar surface area (TPSA) is 15.3 Å². The number of piperazine rings is 1. The van der Waals surface area contributed by atoms with Crippen LogP contribution in [0.5, 0.6) is 0 Å². The maximum atomic E-state index is 3.82. The third-order valence-corrected chi connectivity index (χ3v) is 4.94. The van der Waals surface area contributed by atoms with Crippen molar-refractivity contribution in [1.29, 1.82) is 0 Å². The second kappa shape index (κ2) is 8.26. The van der Waals surface area contributed by atoms with Crippen LogP contribution in [0.3, 0.4) is 0 Å². The molecule has 1 unspecified atom stereocenters. The molecule has 0 saturated carbocycles. The van der Waals surface area contributed by atoms with E-state index in [1.807, 2.05) is 0 Å². The Morgan fingerprint density at radius 2 is 1.84 bits per heavy atom. The molecule has 0 amide bonds. The highest BCUT2D eigenvalue weighted by Crippen LogP contribution is 2.28. The van der Waals surface area contributed by atoms with Crippen molar-refractivity contribution in [2.45, 2.75) is 84.7 Å². The number of hydrogen-bond acceptors (Lipinski definition) is 2. The first-order valence-electron chi connectivity index (χ1n) is 8.56. The fraction of sp³-hybridized carbons (Fsp3) is 1.00. The molecule has 1 atom stereocenters. The van der Waals surface area contributed by atoms with E-state index >= 15 is 0 Å². The zero-order chi connectivity index (χ0) is 14.3. The lowest BCUT2D eigenvalue weighted by Crippen LogP contribution is -2.64. The van der Waals surface area contributed by atoms with E-state index in [4.69, 9.17) is 0 Å². The zero-order valence-corrected chi connectivity index (χ0v) is 14.0. The SMILES string of the molecule is CCCCCN1CC(CC(C)C)NCC1(CC)CC. The predicted molar refractivity (Wildman–Crippen MR) is 85.7 cm³/mol. The molecule has 0 radical (unpaired) electrons. The summed E-state index contributed by atoms with van der Waals surface area (Å²) < 4.78 is 0. The second-order valence-electron chi connectivity index (χ2n) is 6.79. The molecular weight excluding hydrogens is 232 g/mol. The number of nitrogens with one attached hydrogen (secondary N) is 1. The van der Waals surface area contributed by atoms with Crippen molar-refractivity contribution in [3.8, 4) is 0 Å². The van der Waals surface area contributed by atoms with Crippen molar-refractivity contribution in [2.75, 3.05) is 19.6 Å².